The fourth-order valence-electron chi connectivity index (χ4n) is 6.84. The lowest BCUT2D eigenvalue weighted by Gasteiger charge is -2.53. The van der Waals surface area contributed by atoms with E-state index in [2.05, 4.69) is 43.6 Å². The van der Waals surface area contributed by atoms with Crippen LogP contribution in [-0.2, 0) is 14.3 Å². The van der Waals surface area contributed by atoms with Crippen LogP contribution in [-0.4, -0.2) is 94.8 Å². The van der Waals surface area contributed by atoms with E-state index in [1.165, 1.54) is 4.90 Å². The van der Waals surface area contributed by atoms with E-state index in [0.717, 1.165) is 0 Å². The summed E-state index contributed by atoms with van der Waals surface area (Å²) in [6.45, 7) is 3.93. The molecular weight excluding hydrogens is 666 g/mol. The van der Waals surface area contributed by atoms with Crippen LogP contribution < -0.4 is 19.3 Å². The van der Waals surface area contributed by atoms with Crippen molar-refractivity contribution in [2.24, 2.45) is 0 Å². The van der Waals surface area contributed by atoms with Crippen LogP contribution in [0.2, 0.25) is 0 Å². The molecule has 1 spiro atoms. The van der Waals surface area contributed by atoms with Gasteiger partial charge in [0.1, 0.15) is 46.0 Å². The first kappa shape index (κ1) is 32.6. The first-order valence-electron chi connectivity index (χ1n) is 16.4. The number of para-hydroxylation sites is 1. The first-order valence-corrected chi connectivity index (χ1v) is 16.4. The molecule has 3 fully saturated rings. The monoisotopic (exact) mass is 698 g/mol. The summed E-state index contributed by atoms with van der Waals surface area (Å²) < 4.78 is 57.7. The van der Waals surface area contributed by atoms with Gasteiger partial charge in [-0.25, -0.2) is 33.5 Å². The normalized spacial score (nSPS) is 21.2. The topological polar surface area (TPSA) is 145 Å². The lowest BCUT2D eigenvalue weighted by atomic mass is 9.90. The van der Waals surface area contributed by atoms with E-state index in [-0.39, 0.29) is 41.8 Å². The van der Waals surface area contributed by atoms with E-state index in [4.69, 9.17) is 23.4 Å². The average molecular weight is 699 g/mol. The molecule has 3 atom stereocenters. The highest BCUT2D eigenvalue weighted by Crippen LogP contribution is 2.41. The zero-order valence-electron chi connectivity index (χ0n) is 27.6. The molecule has 0 amide bonds. The molecule has 3 aliphatic heterocycles. The van der Waals surface area contributed by atoms with E-state index in [1.54, 1.807) is 55.9 Å². The highest BCUT2D eigenvalue weighted by atomic mass is 19.3. The zero-order chi connectivity index (χ0) is 35.3. The lowest BCUT2D eigenvalue weighted by molar-refractivity contribution is -0.228. The summed E-state index contributed by atoms with van der Waals surface area (Å²) in [5.74, 6) is 5.15. The number of ether oxygens (including phenoxy) is 4. The van der Waals surface area contributed by atoms with Crippen LogP contribution in [0.5, 0.6) is 11.6 Å². The second-order valence-corrected chi connectivity index (χ2v) is 12.6. The van der Waals surface area contributed by atoms with Gasteiger partial charge in [0.15, 0.2) is 17.2 Å². The van der Waals surface area contributed by atoms with Gasteiger partial charge in [-0.15, -0.1) is 0 Å². The maximum atomic E-state index is 14.1. The van der Waals surface area contributed by atoms with Crippen LogP contribution in [0.1, 0.15) is 36.9 Å². The molecule has 13 nitrogen and oxygen atoms in total. The Kier molecular flexibility index (Phi) is 8.27. The highest BCUT2D eigenvalue weighted by molar-refractivity contribution is 6.06. The Morgan fingerprint density at radius 1 is 1.12 bits per heavy atom. The number of aromatic nitrogens is 4. The number of halogens is 2. The number of pyridine rings is 2. The van der Waals surface area contributed by atoms with Crippen LogP contribution in [0, 0.1) is 11.8 Å². The van der Waals surface area contributed by atoms with Crippen LogP contribution in [0.3, 0.4) is 0 Å². The molecule has 0 unspecified atom stereocenters. The van der Waals surface area contributed by atoms with Crippen LogP contribution in [0.15, 0.2) is 59.3 Å². The minimum Gasteiger partial charge on any atom is -0.497 e. The fourth-order valence-corrected chi connectivity index (χ4v) is 6.84. The number of carboxylic acid groups (broad SMARTS) is 1. The van der Waals surface area contributed by atoms with Crippen molar-refractivity contribution in [3.05, 3.63) is 71.9 Å². The smallest absolute Gasteiger partial charge is 0.326 e. The van der Waals surface area contributed by atoms with Crippen molar-refractivity contribution in [3.8, 4) is 23.5 Å². The fraction of sp³-hybridized carbons (Fsp3) is 0.361. The molecule has 51 heavy (non-hydrogen) atoms. The van der Waals surface area contributed by atoms with Crippen LogP contribution in [0.25, 0.3) is 22.1 Å². The van der Waals surface area contributed by atoms with E-state index in [0.29, 0.717) is 60.0 Å². The lowest BCUT2D eigenvalue weighted by Crippen LogP contribution is -2.68. The number of alkyl halides is 2. The molecule has 262 valence electrons. The maximum Gasteiger partial charge on any atom is 0.326 e. The number of hydrogen-bond donors (Lipinski definition) is 1. The number of furan rings is 1. The number of carbonyl (C=O) groups is 1. The van der Waals surface area contributed by atoms with Crippen molar-refractivity contribution in [3.63, 3.8) is 0 Å². The van der Waals surface area contributed by atoms with E-state index in [1.807, 2.05) is 6.07 Å². The number of anilines is 2. The number of nitrogens with zero attached hydrogens (tertiary/aromatic N) is 6. The number of benzene rings is 1. The largest absolute Gasteiger partial charge is 0.497 e. The van der Waals surface area contributed by atoms with E-state index in [9.17, 15) is 18.7 Å². The summed E-state index contributed by atoms with van der Waals surface area (Å²) in [5, 5.41) is 10.8. The molecule has 0 radical (unpaired) electrons. The molecule has 7 heterocycles. The number of aliphatic carboxylic acids is 1. The van der Waals surface area contributed by atoms with Gasteiger partial charge in [-0.3, -0.25) is 0 Å². The minimum absolute atomic E-state index is 0.00340. The number of hydrogen-bond acceptors (Lipinski definition) is 12. The average Bonchev–Trinajstić information content (AvgIpc) is 3.72. The van der Waals surface area contributed by atoms with E-state index < -0.39 is 36.0 Å². The molecule has 1 N–H and O–H groups in total. The third-order valence-electron chi connectivity index (χ3n) is 9.60. The summed E-state index contributed by atoms with van der Waals surface area (Å²) >= 11 is 0. The third-order valence-corrected chi connectivity index (χ3v) is 9.60. The second-order valence-electron chi connectivity index (χ2n) is 12.6. The summed E-state index contributed by atoms with van der Waals surface area (Å²) in [4.78, 5) is 33.4. The second kappa shape index (κ2) is 12.9. The number of morpholine rings is 1. The number of carboxylic acids is 1. The molecule has 5 aromatic rings. The summed E-state index contributed by atoms with van der Waals surface area (Å²) in [7, 11) is 1.57. The summed E-state index contributed by atoms with van der Waals surface area (Å²) in [6, 6.07) is 11.0. The van der Waals surface area contributed by atoms with Crippen molar-refractivity contribution in [2.75, 3.05) is 49.8 Å². The van der Waals surface area contributed by atoms with Gasteiger partial charge < -0.3 is 38.3 Å². The Morgan fingerprint density at radius 3 is 2.73 bits per heavy atom. The SMILES string of the molecule is COc1ccnc(C#Cc2cnc(O[C@H]3C[C@@H](C(=O)O)N(c4nc(C(F)F)nc5c4oc4ccccc45)C3)c(N3CCOC4(COC4)[C@@H]3C)c2)c1. The highest BCUT2D eigenvalue weighted by Gasteiger charge is 2.50. The quantitative estimate of drug-likeness (QED) is 0.236. The number of methoxy groups -OCH3 is 1. The predicted octanol–water partition coefficient (Wildman–Crippen LogP) is 4.62. The Balaban J connectivity index is 1.15. The van der Waals surface area contributed by atoms with Gasteiger partial charge in [-0.1, -0.05) is 18.1 Å². The number of fused-ring (bicyclic) bond motifs is 3. The van der Waals surface area contributed by atoms with E-state index >= 15 is 0 Å². The third kappa shape index (κ3) is 5.89. The van der Waals surface area contributed by atoms with Crippen molar-refractivity contribution < 1.29 is 42.0 Å². The van der Waals surface area contributed by atoms with Gasteiger partial charge in [0.2, 0.25) is 5.88 Å². The van der Waals surface area contributed by atoms with Gasteiger partial charge >= 0.3 is 5.97 Å². The number of rotatable bonds is 7. The summed E-state index contributed by atoms with van der Waals surface area (Å²) in [5.41, 5.74) is 1.99. The van der Waals surface area contributed by atoms with Crippen molar-refractivity contribution in [1.29, 1.82) is 0 Å². The van der Waals surface area contributed by atoms with Crippen molar-refractivity contribution in [2.45, 2.75) is 43.6 Å². The minimum atomic E-state index is -2.99. The molecule has 0 saturated carbocycles. The molecule has 4 aromatic heterocycles. The predicted molar refractivity (Wildman–Crippen MR) is 179 cm³/mol. The van der Waals surface area contributed by atoms with Crippen LogP contribution in [0.4, 0.5) is 20.3 Å². The summed E-state index contributed by atoms with van der Waals surface area (Å²) in [6.07, 6.45) is -0.489. The van der Waals surface area contributed by atoms with Gasteiger partial charge in [0.05, 0.1) is 39.5 Å². The van der Waals surface area contributed by atoms with Crippen molar-refractivity contribution >= 4 is 39.5 Å². The van der Waals surface area contributed by atoms with Crippen LogP contribution >= 0.6 is 0 Å². The molecule has 3 aliphatic rings. The molecule has 8 rings (SSSR count). The molecular formula is C36H32F2N6O7. The van der Waals surface area contributed by atoms with Gasteiger partial charge in [0.25, 0.3) is 6.43 Å². The molecule has 0 bridgehead atoms. The Bertz CT molecular complexity index is 2200. The van der Waals surface area contributed by atoms with Gasteiger partial charge in [0, 0.05) is 42.4 Å². The Labute approximate surface area is 290 Å². The molecule has 3 saturated heterocycles. The van der Waals surface area contributed by atoms with Gasteiger partial charge in [-0.2, -0.15) is 0 Å². The standard InChI is InChI=1S/C36H32F2N6O7/c1-20-36(18-48-19-36)49-12-11-43(20)26-13-21(7-8-22-14-23(47-2)9-10-39-22)16-40-34(26)50-24-15-27(35(45)46)44(17-24)33-30-29(41-32(42-33)31(37)38)25-5-3-4-6-28(25)51-30/h3-6,9-10,13-14,16,20,24,27,31H,11-12,15,17-19H2,1-2H3,(H,45,46)/t20-,24-,27-/m0/s1. The molecule has 1 aromatic carbocycles. The van der Waals surface area contributed by atoms with Gasteiger partial charge in [-0.05, 0) is 37.1 Å². The Morgan fingerprint density at radius 2 is 1.96 bits per heavy atom. The first-order chi connectivity index (χ1) is 24.7. The zero-order valence-corrected chi connectivity index (χ0v) is 27.6. The molecule has 0 aliphatic carbocycles. The molecule has 15 heteroatoms. The maximum absolute atomic E-state index is 14.1. The van der Waals surface area contributed by atoms with Crippen molar-refractivity contribution in [1.82, 2.24) is 19.9 Å². The Hall–Kier alpha value is -5.59.